The predicted octanol–water partition coefficient (Wildman–Crippen LogP) is 0.216. The van der Waals surface area contributed by atoms with Gasteiger partial charge in [0.2, 0.25) is 0 Å². The summed E-state index contributed by atoms with van der Waals surface area (Å²) in [7, 11) is 0. The van der Waals surface area contributed by atoms with Crippen molar-refractivity contribution < 1.29 is 49.3 Å². The molecule has 5 aliphatic rings. The van der Waals surface area contributed by atoms with Crippen LogP contribution in [0.15, 0.2) is 27.6 Å². The molecule has 0 unspecified atom stereocenters. The summed E-state index contributed by atoms with van der Waals surface area (Å²) in [6, 6.07) is 3.01. The van der Waals surface area contributed by atoms with Gasteiger partial charge < -0.3 is 49.3 Å². The van der Waals surface area contributed by atoms with Crippen LogP contribution in [0.5, 0.6) is 0 Å². The molecule has 1 aromatic heterocycles. The third-order valence-corrected chi connectivity index (χ3v) is 11.9. The van der Waals surface area contributed by atoms with Crippen molar-refractivity contribution in [3.8, 4) is 0 Å². The van der Waals surface area contributed by atoms with Gasteiger partial charge in [0.05, 0.1) is 30.7 Å². The van der Waals surface area contributed by atoms with Gasteiger partial charge in [-0.2, -0.15) is 0 Å². The molecule has 1 aliphatic heterocycles. The number of hydrogen-bond donors (Lipinski definition) is 6. The summed E-state index contributed by atoms with van der Waals surface area (Å²) in [6.45, 7) is 1.48. The van der Waals surface area contributed by atoms with Crippen LogP contribution in [0.1, 0.15) is 69.8 Å². The Morgan fingerprint density at radius 1 is 1.02 bits per heavy atom. The molecule has 6 rings (SSSR count). The third kappa shape index (κ3) is 4.30. The number of aldehydes is 1. The van der Waals surface area contributed by atoms with Crippen molar-refractivity contribution in [3.05, 3.63) is 34.4 Å². The molecule has 6 N–H and O–H groups in total. The molecule has 228 valence electrons. The molecule has 0 amide bonds. The Labute approximate surface area is 238 Å². The van der Waals surface area contributed by atoms with Crippen LogP contribution >= 0.6 is 0 Å². The number of hydrogen-bond acceptors (Lipinski definition) is 11. The van der Waals surface area contributed by atoms with Crippen LogP contribution < -0.4 is 5.63 Å². The Morgan fingerprint density at radius 2 is 1.80 bits per heavy atom. The van der Waals surface area contributed by atoms with E-state index in [4.69, 9.17) is 13.9 Å². The van der Waals surface area contributed by atoms with Crippen LogP contribution in [0, 0.1) is 28.6 Å². The van der Waals surface area contributed by atoms with Gasteiger partial charge in [0.25, 0.3) is 0 Å². The lowest BCUT2D eigenvalue weighted by molar-refractivity contribution is -0.316. The van der Waals surface area contributed by atoms with Gasteiger partial charge in [-0.05, 0) is 74.3 Å². The SMILES string of the molecule is C[C@]12CC[C@H]3[C@@H](CC[C@H]4C[C@@H](O[C@@H]5O[C@H](CO)[C@@H](O)[C@H](O)[C@H]5O)CC[C@@]43C=O)[C@@]1(O)C[C@H](O)[C@@H]2c1ccc(=O)oc1. The molecular formula is C30H42O11. The lowest BCUT2D eigenvalue weighted by Gasteiger charge is -2.62. The van der Waals surface area contributed by atoms with E-state index >= 15 is 0 Å². The van der Waals surface area contributed by atoms with E-state index in [1.807, 2.05) is 6.92 Å². The fraction of sp³-hybridized carbons (Fsp3) is 0.800. The second kappa shape index (κ2) is 10.5. The smallest absolute Gasteiger partial charge is 0.335 e. The van der Waals surface area contributed by atoms with Gasteiger partial charge in [0.1, 0.15) is 30.7 Å². The minimum atomic E-state index is -1.52. The fourth-order valence-corrected chi connectivity index (χ4v) is 9.78. The van der Waals surface area contributed by atoms with Crippen molar-refractivity contribution >= 4 is 6.29 Å². The minimum absolute atomic E-state index is 0.0108. The van der Waals surface area contributed by atoms with Crippen molar-refractivity contribution in [3.63, 3.8) is 0 Å². The Bertz CT molecular complexity index is 1170. The first-order chi connectivity index (χ1) is 19.5. The Balaban J connectivity index is 1.21. The van der Waals surface area contributed by atoms with Crippen molar-refractivity contribution in [2.75, 3.05) is 6.61 Å². The fourth-order valence-electron chi connectivity index (χ4n) is 9.78. The second-order valence-electron chi connectivity index (χ2n) is 13.5. The van der Waals surface area contributed by atoms with Crippen molar-refractivity contribution in [2.45, 2.75) is 113 Å². The van der Waals surface area contributed by atoms with Gasteiger partial charge in [0.15, 0.2) is 6.29 Å². The number of carbonyl (C=O) groups excluding carboxylic acids is 1. The summed E-state index contributed by atoms with van der Waals surface area (Å²) >= 11 is 0. The zero-order valence-corrected chi connectivity index (χ0v) is 23.2. The van der Waals surface area contributed by atoms with E-state index < -0.39 is 71.4 Å². The Hall–Kier alpha value is -1.70. The summed E-state index contributed by atoms with van der Waals surface area (Å²) in [5.74, 6) is -0.653. The number of carbonyl (C=O) groups is 1. The molecule has 5 fully saturated rings. The van der Waals surface area contributed by atoms with Crippen LogP contribution in [0.4, 0.5) is 0 Å². The molecule has 2 heterocycles. The second-order valence-corrected chi connectivity index (χ2v) is 13.5. The molecule has 11 heteroatoms. The zero-order chi connectivity index (χ0) is 29.3. The molecule has 4 saturated carbocycles. The van der Waals surface area contributed by atoms with Crippen molar-refractivity contribution in [2.24, 2.45) is 28.6 Å². The van der Waals surface area contributed by atoms with E-state index in [-0.39, 0.29) is 30.3 Å². The number of aliphatic hydroxyl groups is 6. The average molecular weight is 579 g/mol. The van der Waals surface area contributed by atoms with Crippen LogP contribution in [-0.4, -0.2) is 92.0 Å². The highest BCUT2D eigenvalue weighted by Gasteiger charge is 2.70. The molecule has 0 bridgehead atoms. The lowest BCUT2D eigenvalue weighted by atomic mass is 9.43. The van der Waals surface area contributed by atoms with Gasteiger partial charge in [-0.3, -0.25) is 0 Å². The number of aliphatic hydroxyl groups excluding tert-OH is 5. The zero-order valence-electron chi connectivity index (χ0n) is 23.2. The van der Waals surface area contributed by atoms with E-state index in [1.165, 1.54) is 12.3 Å². The highest BCUT2D eigenvalue weighted by molar-refractivity contribution is 5.62. The van der Waals surface area contributed by atoms with Crippen LogP contribution in [0.3, 0.4) is 0 Å². The molecule has 0 aromatic carbocycles. The van der Waals surface area contributed by atoms with Gasteiger partial charge in [-0.25, -0.2) is 4.79 Å². The van der Waals surface area contributed by atoms with E-state index in [2.05, 4.69) is 0 Å². The standard InChI is InChI=1S/C30H42O11/c1-28-8-7-18-19(30(28,38)11-20(33)23(28)15-2-5-22(34)39-13-15)4-3-16-10-17(6-9-29(16,18)14-32)40-27-26(37)25(36)24(35)21(12-31)41-27/h2,5,13-14,16-21,23-27,31,33,35-38H,3-4,6-12H2,1H3/t16-,17-,18-,19+,20-,21+,23-,24+,25-,26+,27+,28+,29+,30-/m0/s1. The first-order valence-electron chi connectivity index (χ1n) is 14.9. The lowest BCUT2D eigenvalue weighted by Crippen LogP contribution is -2.63. The average Bonchev–Trinajstić information content (AvgIpc) is 3.18. The minimum Gasteiger partial charge on any atom is -0.431 e. The van der Waals surface area contributed by atoms with Crippen LogP contribution in [0.2, 0.25) is 0 Å². The quantitative estimate of drug-likeness (QED) is 0.207. The first-order valence-corrected chi connectivity index (χ1v) is 14.9. The summed E-state index contributed by atoms with van der Waals surface area (Å²) in [4.78, 5) is 24.5. The molecule has 41 heavy (non-hydrogen) atoms. The number of rotatable bonds is 5. The normalized spacial score (nSPS) is 51.3. The summed E-state index contributed by atoms with van der Waals surface area (Å²) in [5.41, 5.74) is -2.28. The van der Waals surface area contributed by atoms with E-state index in [1.54, 1.807) is 6.07 Å². The van der Waals surface area contributed by atoms with Gasteiger partial charge >= 0.3 is 5.63 Å². The van der Waals surface area contributed by atoms with E-state index in [0.29, 0.717) is 44.1 Å². The molecule has 0 spiro atoms. The predicted molar refractivity (Wildman–Crippen MR) is 141 cm³/mol. The van der Waals surface area contributed by atoms with Gasteiger partial charge in [-0.15, -0.1) is 0 Å². The van der Waals surface area contributed by atoms with Crippen molar-refractivity contribution in [1.82, 2.24) is 0 Å². The maximum atomic E-state index is 13.0. The summed E-state index contributed by atoms with van der Waals surface area (Å²) in [5, 5.41) is 63.9. The highest BCUT2D eigenvalue weighted by atomic mass is 16.7. The van der Waals surface area contributed by atoms with Crippen molar-refractivity contribution in [1.29, 1.82) is 0 Å². The van der Waals surface area contributed by atoms with Gasteiger partial charge in [0, 0.05) is 29.2 Å². The van der Waals surface area contributed by atoms with E-state index in [0.717, 1.165) is 12.7 Å². The molecule has 14 atom stereocenters. The van der Waals surface area contributed by atoms with Crippen LogP contribution in [-0.2, 0) is 14.3 Å². The molecular weight excluding hydrogens is 536 g/mol. The molecule has 11 nitrogen and oxygen atoms in total. The highest BCUT2D eigenvalue weighted by Crippen LogP contribution is 2.70. The molecule has 1 saturated heterocycles. The largest absolute Gasteiger partial charge is 0.431 e. The summed E-state index contributed by atoms with van der Waals surface area (Å²) < 4.78 is 16.7. The number of fused-ring (bicyclic) bond motifs is 5. The number of ether oxygens (including phenoxy) is 2. The third-order valence-electron chi connectivity index (χ3n) is 11.9. The molecule has 4 aliphatic carbocycles. The molecule has 0 radical (unpaired) electrons. The first kappa shape index (κ1) is 29.4. The summed E-state index contributed by atoms with van der Waals surface area (Å²) in [6.07, 6.45) is -0.946. The monoisotopic (exact) mass is 578 g/mol. The topological polar surface area (TPSA) is 187 Å². The maximum absolute atomic E-state index is 13.0. The van der Waals surface area contributed by atoms with E-state index in [9.17, 15) is 40.2 Å². The van der Waals surface area contributed by atoms with Gasteiger partial charge in [-0.1, -0.05) is 6.92 Å². The Kier molecular flexibility index (Phi) is 7.51. The maximum Gasteiger partial charge on any atom is 0.335 e. The molecule has 1 aromatic rings. The Morgan fingerprint density at radius 3 is 2.49 bits per heavy atom. The van der Waals surface area contributed by atoms with Crippen LogP contribution in [0.25, 0.3) is 0 Å².